The normalized spacial score (nSPS) is 10.7. The topological polar surface area (TPSA) is 132 Å². The van der Waals surface area contributed by atoms with Gasteiger partial charge in [-0.2, -0.15) is 5.10 Å². The van der Waals surface area contributed by atoms with Crippen molar-refractivity contribution in [1.29, 1.82) is 0 Å². The third kappa shape index (κ3) is 5.91. The molecule has 2 aromatic carbocycles. The van der Waals surface area contributed by atoms with E-state index < -0.39 is 17.7 Å². The van der Waals surface area contributed by atoms with Crippen molar-refractivity contribution in [2.45, 2.75) is 6.92 Å². The fourth-order valence-electron chi connectivity index (χ4n) is 3.57. The van der Waals surface area contributed by atoms with E-state index in [1.165, 1.54) is 18.3 Å². The SMILES string of the molecule is Cc1c(C(=O)Nc2ccnc(C(=O)NCC(N)=O)c2)nn(-c2ccc(Cl)cc2Cl)c1-c1ccc(Cl)cc1. The van der Waals surface area contributed by atoms with E-state index in [2.05, 4.69) is 20.7 Å². The average Bonchev–Trinajstić information content (AvgIpc) is 3.20. The predicted molar refractivity (Wildman–Crippen MR) is 142 cm³/mol. The maximum absolute atomic E-state index is 13.3. The van der Waals surface area contributed by atoms with Gasteiger partial charge >= 0.3 is 0 Å². The quantitative estimate of drug-likeness (QED) is 0.304. The molecule has 2 heterocycles. The number of carbonyl (C=O) groups excluding carboxylic acids is 3. The summed E-state index contributed by atoms with van der Waals surface area (Å²) in [6.45, 7) is 1.43. The van der Waals surface area contributed by atoms with Crippen LogP contribution in [0.1, 0.15) is 26.5 Å². The molecule has 0 bridgehead atoms. The van der Waals surface area contributed by atoms with Gasteiger partial charge in [0.25, 0.3) is 11.8 Å². The molecule has 0 fully saturated rings. The molecule has 4 N–H and O–H groups in total. The zero-order valence-electron chi connectivity index (χ0n) is 19.3. The monoisotopic (exact) mass is 556 g/mol. The summed E-state index contributed by atoms with van der Waals surface area (Å²) in [7, 11) is 0. The molecule has 9 nitrogen and oxygen atoms in total. The van der Waals surface area contributed by atoms with Gasteiger partial charge < -0.3 is 16.4 Å². The van der Waals surface area contributed by atoms with Gasteiger partial charge in [-0.05, 0) is 49.4 Å². The van der Waals surface area contributed by atoms with E-state index in [9.17, 15) is 14.4 Å². The molecule has 4 aromatic rings. The van der Waals surface area contributed by atoms with Gasteiger partial charge in [0.05, 0.1) is 22.9 Å². The summed E-state index contributed by atoms with van der Waals surface area (Å²) >= 11 is 18.6. The minimum Gasteiger partial charge on any atom is -0.368 e. The Hall–Kier alpha value is -3.92. The molecule has 0 aliphatic carbocycles. The number of primary amides is 1. The predicted octanol–water partition coefficient (Wildman–Crippen LogP) is 4.67. The van der Waals surface area contributed by atoms with Gasteiger partial charge in [-0.15, -0.1) is 0 Å². The van der Waals surface area contributed by atoms with Gasteiger partial charge in [0, 0.05) is 33.1 Å². The lowest BCUT2D eigenvalue weighted by molar-refractivity contribution is -0.117. The third-order valence-electron chi connectivity index (χ3n) is 5.27. The van der Waals surface area contributed by atoms with Crippen molar-refractivity contribution in [1.82, 2.24) is 20.1 Å². The van der Waals surface area contributed by atoms with E-state index in [1.807, 2.05) is 12.1 Å². The van der Waals surface area contributed by atoms with E-state index in [0.29, 0.717) is 37.7 Å². The van der Waals surface area contributed by atoms with Gasteiger partial charge in [0.2, 0.25) is 5.91 Å². The first-order valence-corrected chi connectivity index (χ1v) is 11.9. The fraction of sp³-hybridized carbons (Fsp3) is 0.0800. The molecule has 0 aliphatic heterocycles. The van der Waals surface area contributed by atoms with Crippen LogP contribution < -0.4 is 16.4 Å². The number of hydrogen-bond acceptors (Lipinski definition) is 5. The summed E-state index contributed by atoms with van der Waals surface area (Å²) < 4.78 is 1.57. The second-order valence-corrected chi connectivity index (χ2v) is 9.15. The van der Waals surface area contributed by atoms with Crippen molar-refractivity contribution < 1.29 is 14.4 Å². The molecule has 37 heavy (non-hydrogen) atoms. The number of nitrogens with zero attached hydrogens (tertiary/aromatic N) is 3. The first-order chi connectivity index (χ1) is 17.6. The number of pyridine rings is 1. The fourth-order valence-corrected chi connectivity index (χ4v) is 4.18. The number of nitrogens with one attached hydrogen (secondary N) is 2. The van der Waals surface area contributed by atoms with Crippen molar-refractivity contribution in [3.63, 3.8) is 0 Å². The Morgan fingerprint density at radius 2 is 1.65 bits per heavy atom. The molecule has 188 valence electrons. The molecule has 0 saturated heterocycles. The number of aromatic nitrogens is 3. The standard InChI is InChI=1S/C25H19Cl3N6O3/c1-13-22(25(37)32-17-8-9-30-19(11-17)24(36)31-12-21(29)35)33-34(20-7-6-16(27)10-18(20)28)23(13)14-2-4-15(26)5-3-14/h2-11H,12H2,1H3,(H2,29,35)(H,31,36)(H,30,32,37). The number of halogens is 3. The Morgan fingerprint density at radius 1 is 0.946 bits per heavy atom. The Labute approximate surface area is 226 Å². The van der Waals surface area contributed by atoms with Crippen molar-refractivity contribution in [2.24, 2.45) is 5.73 Å². The van der Waals surface area contributed by atoms with Crippen LogP contribution in [0.4, 0.5) is 5.69 Å². The molecule has 0 atom stereocenters. The summed E-state index contributed by atoms with van der Waals surface area (Å²) in [5.41, 5.74) is 7.98. The number of hydrogen-bond donors (Lipinski definition) is 3. The Kier molecular flexibility index (Phi) is 7.77. The zero-order valence-corrected chi connectivity index (χ0v) is 21.5. The summed E-state index contributed by atoms with van der Waals surface area (Å²) in [4.78, 5) is 40.4. The van der Waals surface area contributed by atoms with Gasteiger partial charge in [-0.3, -0.25) is 19.4 Å². The second-order valence-electron chi connectivity index (χ2n) is 7.87. The highest BCUT2D eigenvalue weighted by atomic mass is 35.5. The molecule has 0 saturated carbocycles. The Morgan fingerprint density at radius 3 is 2.32 bits per heavy atom. The van der Waals surface area contributed by atoms with E-state index >= 15 is 0 Å². The van der Waals surface area contributed by atoms with Crippen LogP contribution in [0.3, 0.4) is 0 Å². The van der Waals surface area contributed by atoms with Crippen LogP contribution in [0.5, 0.6) is 0 Å². The first kappa shape index (κ1) is 26.2. The minimum absolute atomic E-state index is 0.00361. The molecule has 0 radical (unpaired) electrons. The van der Waals surface area contributed by atoms with E-state index in [4.69, 9.17) is 40.5 Å². The second kappa shape index (κ2) is 11.0. The highest BCUT2D eigenvalue weighted by molar-refractivity contribution is 6.35. The summed E-state index contributed by atoms with van der Waals surface area (Å²) in [5, 5.41) is 11.0. The number of amides is 3. The molecular formula is C25H19Cl3N6O3. The zero-order chi connectivity index (χ0) is 26.7. The number of anilines is 1. The van der Waals surface area contributed by atoms with Crippen LogP contribution in [0.25, 0.3) is 16.9 Å². The lowest BCUT2D eigenvalue weighted by atomic mass is 10.1. The smallest absolute Gasteiger partial charge is 0.276 e. The maximum atomic E-state index is 13.3. The van der Waals surface area contributed by atoms with E-state index in [0.717, 1.165) is 5.56 Å². The average molecular weight is 558 g/mol. The number of nitrogens with two attached hydrogens (primary N) is 1. The Balaban J connectivity index is 1.72. The van der Waals surface area contributed by atoms with Gasteiger partial charge in [0.1, 0.15) is 5.69 Å². The summed E-state index contributed by atoms with van der Waals surface area (Å²) in [6, 6.07) is 15.0. The number of benzene rings is 2. The number of carbonyl (C=O) groups is 3. The van der Waals surface area contributed by atoms with Gasteiger partial charge in [-0.25, -0.2) is 4.68 Å². The summed E-state index contributed by atoms with van der Waals surface area (Å²) in [6.07, 6.45) is 1.35. The van der Waals surface area contributed by atoms with E-state index in [-0.39, 0.29) is 17.9 Å². The molecular weight excluding hydrogens is 539 g/mol. The lowest BCUT2D eigenvalue weighted by Crippen LogP contribution is -2.33. The Bertz CT molecular complexity index is 1520. The van der Waals surface area contributed by atoms with Crippen molar-refractivity contribution in [3.8, 4) is 16.9 Å². The van der Waals surface area contributed by atoms with Crippen LogP contribution in [-0.4, -0.2) is 39.0 Å². The maximum Gasteiger partial charge on any atom is 0.276 e. The van der Waals surface area contributed by atoms with Crippen LogP contribution in [-0.2, 0) is 4.79 Å². The molecule has 0 unspecified atom stereocenters. The molecule has 12 heteroatoms. The molecule has 2 aromatic heterocycles. The highest BCUT2D eigenvalue weighted by Gasteiger charge is 2.24. The van der Waals surface area contributed by atoms with Crippen LogP contribution in [0, 0.1) is 6.92 Å². The molecule has 0 aliphatic rings. The van der Waals surface area contributed by atoms with Gasteiger partial charge in [-0.1, -0.05) is 46.9 Å². The van der Waals surface area contributed by atoms with E-state index in [1.54, 1.807) is 41.9 Å². The molecule has 4 rings (SSSR count). The minimum atomic E-state index is -0.693. The van der Waals surface area contributed by atoms with Crippen molar-refractivity contribution >= 4 is 58.2 Å². The number of rotatable bonds is 7. The van der Waals surface area contributed by atoms with Crippen LogP contribution in [0.2, 0.25) is 15.1 Å². The summed E-state index contributed by atoms with van der Waals surface area (Å²) in [5.74, 6) is -1.83. The third-order valence-corrected chi connectivity index (χ3v) is 6.06. The molecule has 0 spiro atoms. The lowest BCUT2D eigenvalue weighted by Gasteiger charge is -2.11. The highest BCUT2D eigenvalue weighted by Crippen LogP contribution is 2.33. The van der Waals surface area contributed by atoms with Crippen LogP contribution >= 0.6 is 34.8 Å². The van der Waals surface area contributed by atoms with Crippen molar-refractivity contribution in [3.05, 3.63) is 92.8 Å². The first-order valence-electron chi connectivity index (χ1n) is 10.8. The molecule has 3 amide bonds. The van der Waals surface area contributed by atoms with Crippen molar-refractivity contribution in [2.75, 3.05) is 11.9 Å². The van der Waals surface area contributed by atoms with Crippen LogP contribution in [0.15, 0.2) is 60.8 Å². The largest absolute Gasteiger partial charge is 0.368 e. The van der Waals surface area contributed by atoms with Gasteiger partial charge in [0.15, 0.2) is 5.69 Å².